The molecule has 1 aromatic carbocycles. The molecule has 2 rings (SSSR count). The molecule has 1 aliphatic carbocycles. The van der Waals surface area contributed by atoms with Crippen LogP contribution in [0, 0.1) is 5.82 Å². The van der Waals surface area contributed by atoms with Gasteiger partial charge in [0.2, 0.25) is 0 Å². The number of para-hydroxylation sites is 1. The van der Waals surface area contributed by atoms with Crippen molar-refractivity contribution in [3.8, 4) is 5.75 Å². The third-order valence-electron chi connectivity index (χ3n) is 2.76. The first-order chi connectivity index (χ1) is 6.77. The summed E-state index contributed by atoms with van der Waals surface area (Å²) in [7, 11) is 0. The molecule has 0 atom stereocenters. The van der Waals surface area contributed by atoms with Gasteiger partial charge in [0, 0.05) is 18.2 Å². The Balaban J connectivity index is 1.97. The Labute approximate surface area is 82.8 Å². The van der Waals surface area contributed by atoms with Crippen molar-refractivity contribution < 1.29 is 9.50 Å². The highest BCUT2D eigenvalue weighted by Crippen LogP contribution is 2.22. The summed E-state index contributed by atoms with van der Waals surface area (Å²) >= 11 is 0. The van der Waals surface area contributed by atoms with Crippen LogP contribution in [-0.4, -0.2) is 11.1 Å². The van der Waals surface area contributed by atoms with Gasteiger partial charge in [-0.05, 0) is 18.9 Å². The number of hydrogen-bond donors (Lipinski definition) is 2. The maximum Gasteiger partial charge on any atom is 0.165 e. The molecule has 0 spiro atoms. The lowest BCUT2D eigenvalue weighted by atomic mass is 9.93. The van der Waals surface area contributed by atoms with Gasteiger partial charge < -0.3 is 10.4 Å². The first-order valence-electron chi connectivity index (χ1n) is 4.97. The molecule has 0 radical (unpaired) electrons. The van der Waals surface area contributed by atoms with Gasteiger partial charge in [0.15, 0.2) is 11.6 Å². The molecule has 14 heavy (non-hydrogen) atoms. The normalized spacial score (nSPS) is 16.6. The molecule has 1 aromatic rings. The predicted octanol–water partition coefficient (Wildman–Crippen LogP) is 2.17. The summed E-state index contributed by atoms with van der Waals surface area (Å²) in [6, 6.07) is 5.18. The van der Waals surface area contributed by atoms with E-state index >= 15 is 0 Å². The zero-order valence-electron chi connectivity index (χ0n) is 7.96. The first-order valence-corrected chi connectivity index (χ1v) is 4.97. The number of hydrogen-bond acceptors (Lipinski definition) is 2. The van der Waals surface area contributed by atoms with E-state index in [2.05, 4.69) is 5.32 Å². The molecule has 1 fully saturated rings. The second kappa shape index (κ2) is 3.96. The summed E-state index contributed by atoms with van der Waals surface area (Å²) in [4.78, 5) is 0. The van der Waals surface area contributed by atoms with Crippen LogP contribution in [0.5, 0.6) is 5.75 Å². The van der Waals surface area contributed by atoms with E-state index in [4.69, 9.17) is 0 Å². The summed E-state index contributed by atoms with van der Waals surface area (Å²) in [6.07, 6.45) is 3.65. The van der Waals surface area contributed by atoms with Gasteiger partial charge in [-0.2, -0.15) is 0 Å². The van der Waals surface area contributed by atoms with Crippen molar-refractivity contribution in [2.45, 2.75) is 31.8 Å². The number of aromatic hydroxyl groups is 1. The Hall–Kier alpha value is -1.09. The Morgan fingerprint density at radius 3 is 2.86 bits per heavy atom. The Morgan fingerprint density at radius 1 is 1.43 bits per heavy atom. The van der Waals surface area contributed by atoms with Crippen LogP contribution >= 0.6 is 0 Å². The van der Waals surface area contributed by atoms with E-state index in [0.717, 1.165) is 0 Å². The predicted molar refractivity (Wildman–Crippen MR) is 52.5 cm³/mol. The average molecular weight is 195 g/mol. The molecule has 1 aliphatic rings. The third-order valence-corrected chi connectivity index (χ3v) is 2.76. The maximum atomic E-state index is 12.9. The van der Waals surface area contributed by atoms with E-state index in [1.807, 2.05) is 0 Å². The highest BCUT2D eigenvalue weighted by atomic mass is 19.1. The van der Waals surface area contributed by atoms with Gasteiger partial charge in [-0.3, -0.25) is 0 Å². The summed E-state index contributed by atoms with van der Waals surface area (Å²) < 4.78 is 12.9. The van der Waals surface area contributed by atoms with Crippen molar-refractivity contribution in [3.05, 3.63) is 29.6 Å². The van der Waals surface area contributed by atoms with Crippen LogP contribution in [0.1, 0.15) is 24.8 Å². The van der Waals surface area contributed by atoms with Crippen LogP contribution < -0.4 is 5.32 Å². The molecule has 0 unspecified atom stereocenters. The van der Waals surface area contributed by atoms with Crippen LogP contribution in [0.3, 0.4) is 0 Å². The number of phenols is 1. The van der Waals surface area contributed by atoms with Crippen molar-refractivity contribution in [2.75, 3.05) is 0 Å². The molecule has 1 saturated carbocycles. The second-order valence-electron chi connectivity index (χ2n) is 3.76. The number of benzene rings is 1. The van der Waals surface area contributed by atoms with Crippen LogP contribution in [0.25, 0.3) is 0 Å². The fourth-order valence-corrected chi connectivity index (χ4v) is 1.57. The minimum atomic E-state index is -0.544. The largest absolute Gasteiger partial charge is 0.505 e. The van der Waals surface area contributed by atoms with Crippen LogP contribution in [-0.2, 0) is 6.54 Å². The molecule has 2 N–H and O–H groups in total. The van der Waals surface area contributed by atoms with E-state index in [-0.39, 0.29) is 5.75 Å². The van der Waals surface area contributed by atoms with Gasteiger partial charge in [0.25, 0.3) is 0 Å². The third kappa shape index (κ3) is 1.87. The zero-order chi connectivity index (χ0) is 9.97. The Kier molecular flexibility index (Phi) is 2.68. The smallest absolute Gasteiger partial charge is 0.165 e. The van der Waals surface area contributed by atoms with Crippen molar-refractivity contribution >= 4 is 0 Å². The minimum absolute atomic E-state index is 0.223. The molecule has 0 bridgehead atoms. The van der Waals surface area contributed by atoms with Crippen molar-refractivity contribution in [2.24, 2.45) is 0 Å². The van der Waals surface area contributed by atoms with Crippen molar-refractivity contribution in [1.82, 2.24) is 5.32 Å². The van der Waals surface area contributed by atoms with Crippen LogP contribution in [0.15, 0.2) is 18.2 Å². The molecule has 0 aliphatic heterocycles. The second-order valence-corrected chi connectivity index (χ2v) is 3.76. The summed E-state index contributed by atoms with van der Waals surface area (Å²) in [6.45, 7) is 0.550. The quantitative estimate of drug-likeness (QED) is 0.774. The zero-order valence-corrected chi connectivity index (χ0v) is 7.96. The van der Waals surface area contributed by atoms with Gasteiger partial charge in [0.05, 0.1) is 0 Å². The summed E-state index contributed by atoms with van der Waals surface area (Å²) in [5.74, 6) is -0.766. The number of halogens is 1. The van der Waals surface area contributed by atoms with Gasteiger partial charge in [-0.25, -0.2) is 4.39 Å². The summed E-state index contributed by atoms with van der Waals surface area (Å²) in [5, 5.41) is 12.7. The van der Waals surface area contributed by atoms with Crippen LogP contribution in [0.4, 0.5) is 4.39 Å². The first kappa shape index (κ1) is 9.46. The molecule has 76 valence electrons. The van der Waals surface area contributed by atoms with E-state index < -0.39 is 5.82 Å². The topological polar surface area (TPSA) is 32.3 Å². The van der Waals surface area contributed by atoms with E-state index in [1.165, 1.54) is 25.3 Å². The fourth-order valence-electron chi connectivity index (χ4n) is 1.57. The molecular weight excluding hydrogens is 181 g/mol. The molecule has 0 aromatic heterocycles. The lowest BCUT2D eigenvalue weighted by Crippen LogP contribution is -2.34. The highest BCUT2D eigenvalue weighted by molar-refractivity contribution is 5.33. The monoisotopic (exact) mass is 195 g/mol. The van der Waals surface area contributed by atoms with Crippen molar-refractivity contribution in [3.63, 3.8) is 0 Å². The standard InChI is InChI=1S/C11H14FNO/c12-10-6-1-3-8(11(10)14)7-13-9-4-2-5-9/h1,3,6,9,13-14H,2,4-5,7H2. The number of nitrogens with one attached hydrogen (secondary N) is 1. The van der Waals surface area contributed by atoms with Gasteiger partial charge in [0.1, 0.15) is 0 Å². The maximum absolute atomic E-state index is 12.9. The molecule has 0 amide bonds. The van der Waals surface area contributed by atoms with E-state index in [0.29, 0.717) is 18.2 Å². The fraction of sp³-hybridized carbons (Fsp3) is 0.455. The Bertz CT molecular complexity index is 323. The molecule has 0 saturated heterocycles. The van der Waals surface area contributed by atoms with E-state index in [9.17, 15) is 9.50 Å². The average Bonchev–Trinajstić information content (AvgIpc) is 2.09. The number of phenolic OH excluding ortho intramolecular Hbond substituents is 1. The van der Waals surface area contributed by atoms with E-state index in [1.54, 1.807) is 12.1 Å². The molecule has 3 heteroatoms. The Morgan fingerprint density at radius 2 is 2.21 bits per heavy atom. The van der Waals surface area contributed by atoms with Gasteiger partial charge in [-0.1, -0.05) is 18.6 Å². The SMILES string of the molecule is Oc1c(F)cccc1CNC1CCC1. The molecule has 0 heterocycles. The highest BCUT2D eigenvalue weighted by Gasteiger charge is 2.17. The molecule has 2 nitrogen and oxygen atoms in total. The van der Waals surface area contributed by atoms with Crippen LogP contribution in [0.2, 0.25) is 0 Å². The lowest BCUT2D eigenvalue weighted by molar-refractivity contribution is 0.334. The van der Waals surface area contributed by atoms with Crippen molar-refractivity contribution in [1.29, 1.82) is 0 Å². The minimum Gasteiger partial charge on any atom is -0.505 e. The summed E-state index contributed by atoms with van der Waals surface area (Å²) in [5.41, 5.74) is 0.636. The number of rotatable bonds is 3. The molecular formula is C11H14FNO. The van der Waals surface area contributed by atoms with Gasteiger partial charge in [-0.15, -0.1) is 0 Å². The lowest BCUT2D eigenvalue weighted by Gasteiger charge is -2.26. The van der Waals surface area contributed by atoms with Gasteiger partial charge >= 0.3 is 0 Å².